The average molecular weight is 310 g/mol. The molecule has 23 heavy (non-hydrogen) atoms. The van der Waals surface area contributed by atoms with Crippen LogP contribution in [-0.4, -0.2) is 32.5 Å². The van der Waals surface area contributed by atoms with Gasteiger partial charge in [0.25, 0.3) is 0 Å². The molecule has 0 fully saturated rings. The number of tetrazole rings is 1. The van der Waals surface area contributed by atoms with Crippen LogP contribution >= 0.6 is 0 Å². The van der Waals surface area contributed by atoms with Crippen molar-refractivity contribution >= 4 is 0 Å². The fourth-order valence-electron chi connectivity index (χ4n) is 2.47. The normalized spacial score (nSPS) is 16.3. The Bertz CT molecular complexity index is 872. The van der Waals surface area contributed by atoms with Crippen LogP contribution in [0.4, 0.5) is 0 Å². The monoisotopic (exact) mass is 310 g/mol. The maximum absolute atomic E-state index is 12.4. The Labute approximate surface area is 131 Å². The maximum atomic E-state index is 12.4. The predicted molar refractivity (Wildman–Crippen MR) is 82.0 cm³/mol. The van der Waals surface area contributed by atoms with Gasteiger partial charge in [-0.1, -0.05) is 30.3 Å². The van der Waals surface area contributed by atoms with E-state index in [1.165, 1.54) is 9.36 Å². The van der Waals surface area contributed by atoms with Gasteiger partial charge < -0.3 is 9.47 Å². The first-order valence-corrected chi connectivity index (χ1v) is 7.28. The zero-order valence-corrected chi connectivity index (χ0v) is 12.2. The molecule has 4 rings (SSSR count). The number of para-hydroxylation sites is 3. The second-order valence-corrected chi connectivity index (χ2v) is 5.19. The number of fused-ring (bicyclic) bond motifs is 1. The lowest BCUT2D eigenvalue weighted by molar-refractivity contribution is 0.0747. The number of benzene rings is 2. The van der Waals surface area contributed by atoms with Gasteiger partial charge in [-0.25, -0.2) is 4.79 Å². The Morgan fingerprint density at radius 3 is 2.57 bits per heavy atom. The third-order valence-electron chi connectivity index (χ3n) is 3.58. The van der Waals surface area contributed by atoms with Crippen molar-refractivity contribution in [3.05, 3.63) is 65.1 Å². The summed E-state index contributed by atoms with van der Waals surface area (Å²) < 4.78 is 14.0. The molecule has 0 saturated heterocycles. The summed E-state index contributed by atoms with van der Waals surface area (Å²) in [6.45, 7) is 0.641. The van der Waals surface area contributed by atoms with E-state index >= 15 is 0 Å². The van der Waals surface area contributed by atoms with Crippen LogP contribution in [0.2, 0.25) is 0 Å². The van der Waals surface area contributed by atoms with Crippen LogP contribution in [-0.2, 0) is 6.54 Å². The van der Waals surface area contributed by atoms with E-state index < -0.39 is 0 Å². The highest BCUT2D eigenvalue weighted by atomic mass is 16.6. The molecule has 3 aromatic rings. The Morgan fingerprint density at radius 2 is 1.74 bits per heavy atom. The Balaban J connectivity index is 1.55. The Morgan fingerprint density at radius 1 is 1.00 bits per heavy atom. The molecule has 1 aromatic heterocycles. The van der Waals surface area contributed by atoms with Crippen LogP contribution in [0, 0.1) is 0 Å². The predicted octanol–water partition coefficient (Wildman–Crippen LogP) is 1.27. The molecule has 0 bridgehead atoms. The van der Waals surface area contributed by atoms with Gasteiger partial charge in [0, 0.05) is 0 Å². The molecule has 0 aliphatic carbocycles. The molecule has 7 nitrogen and oxygen atoms in total. The summed E-state index contributed by atoms with van der Waals surface area (Å²) >= 11 is 0. The second kappa shape index (κ2) is 5.60. The number of hydrogen-bond donors (Lipinski definition) is 0. The third kappa shape index (κ3) is 2.57. The zero-order valence-electron chi connectivity index (χ0n) is 12.2. The maximum Gasteiger partial charge on any atom is 0.368 e. The summed E-state index contributed by atoms with van der Waals surface area (Å²) in [6, 6.07) is 16.6. The highest BCUT2D eigenvalue weighted by molar-refractivity contribution is 5.40. The van der Waals surface area contributed by atoms with Crippen molar-refractivity contribution in [1.82, 2.24) is 19.8 Å². The molecular weight excluding hydrogens is 296 g/mol. The van der Waals surface area contributed by atoms with Gasteiger partial charge >= 0.3 is 5.69 Å². The minimum absolute atomic E-state index is 0.278. The standard InChI is InChI=1S/C16H14N4O3/c21-16-19(17-18-20(16)12-6-2-1-3-7-12)10-13-11-22-14-8-4-5-9-15(14)23-13/h1-9,13H,10-11H2/t13-/m1/s1. The first-order valence-electron chi connectivity index (χ1n) is 7.28. The van der Waals surface area contributed by atoms with Crippen LogP contribution in [0.25, 0.3) is 5.69 Å². The molecular formula is C16H14N4O3. The third-order valence-corrected chi connectivity index (χ3v) is 3.58. The fourth-order valence-corrected chi connectivity index (χ4v) is 2.47. The smallest absolute Gasteiger partial charge is 0.368 e. The van der Waals surface area contributed by atoms with Crippen LogP contribution in [0.1, 0.15) is 0 Å². The molecule has 0 spiro atoms. The SMILES string of the molecule is O=c1n(C[C@@H]2COc3ccccc3O2)nnn1-c1ccccc1. The largest absolute Gasteiger partial charge is 0.486 e. The van der Waals surface area contributed by atoms with Gasteiger partial charge in [-0.2, -0.15) is 9.36 Å². The van der Waals surface area contributed by atoms with Gasteiger partial charge in [-0.15, -0.1) is 0 Å². The van der Waals surface area contributed by atoms with Crippen molar-refractivity contribution in [2.75, 3.05) is 6.61 Å². The number of ether oxygens (including phenoxy) is 2. The molecule has 2 heterocycles. The number of aromatic nitrogens is 4. The van der Waals surface area contributed by atoms with Gasteiger partial charge in [-0.3, -0.25) is 0 Å². The van der Waals surface area contributed by atoms with Gasteiger partial charge in [0.2, 0.25) is 0 Å². The number of rotatable bonds is 3. The van der Waals surface area contributed by atoms with Crippen LogP contribution in [0.15, 0.2) is 59.4 Å². The molecule has 0 saturated carbocycles. The molecule has 0 amide bonds. The summed E-state index contributed by atoms with van der Waals surface area (Å²) in [5, 5.41) is 7.84. The van der Waals surface area contributed by atoms with E-state index in [1.54, 1.807) is 12.1 Å². The summed E-state index contributed by atoms with van der Waals surface area (Å²) in [4.78, 5) is 12.4. The zero-order chi connectivity index (χ0) is 15.6. The van der Waals surface area contributed by atoms with E-state index in [1.807, 2.05) is 42.5 Å². The Kier molecular flexibility index (Phi) is 3.30. The molecule has 1 atom stereocenters. The molecule has 1 aliphatic rings. The average Bonchev–Trinajstić information content (AvgIpc) is 2.96. The quantitative estimate of drug-likeness (QED) is 0.728. The molecule has 0 unspecified atom stereocenters. The van der Waals surface area contributed by atoms with Crippen LogP contribution in [0.3, 0.4) is 0 Å². The van der Waals surface area contributed by atoms with E-state index in [4.69, 9.17) is 9.47 Å². The topological polar surface area (TPSA) is 71.2 Å². The van der Waals surface area contributed by atoms with Gasteiger partial charge in [0.05, 0.1) is 12.2 Å². The van der Waals surface area contributed by atoms with Crippen molar-refractivity contribution in [3.63, 3.8) is 0 Å². The van der Waals surface area contributed by atoms with Crippen LogP contribution in [0.5, 0.6) is 11.5 Å². The first-order chi connectivity index (χ1) is 11.3. The highest BCUT2D eigenvalue weighted by Gasteiger charge is 2.23. The Hall–Kier alpha value is -3.09. The van der Waals surface area contributed by atoms with Crippen LogP contribution < -0.4 is 15.2 Å². The van der Waals surface area contributed by atoms with Crippen molar-refractivity contribution in [2.45, 2.75) is 12.6 Å². The van der Waals surface area contributed by atoms with E-state index in [0.717, 1.165) is 0 Å². The molecule has 7 heteroatoms. The van der Waals surface area contributed by atoms with Crippen molar-refractivity contribution < 1.29 is 9.47 Å². The summed E-state index contributed by atoms with van der Waals surface area (Å²) in [6.07, 6.45) is -0.288. The summed E-state index contributed by atoms with van der Waals surface area (Å²) in [5.41, 5.74) is 0.369. The lowest BCUT2D eigenvalue weighted by atomic mass is 10.2. The fraction of sp³-hybridized carbons (Fsp3) is 0.188. The molecule has 0 N–H and O–H groups in total. The minimum atomic E-state index is -0.307. The number of nitrogens with zero attached hydrogens (tertiary/aromatic N) is 4. The first kappa shape index (κ1) is 13.6. The van der Waals surface area contributed by atoms with E-state index in [9.17, 15) is 4.79 Å². The van der Waals surface area contributed by atoms with Crippen molar-refractivity contribution in [3.8, 4) is 17.2 Å². The minimum Gasteiger partial charge on any atom is -0.486 e. The van der Waals surface area contributed by atoms with Crippen molar-refractivity contribution in [1.29, 1.82) is 0 Å². The molecule has 2 aromatic carbocycles. The van der Waals surface area contributed by atoms with E-state index in [0.29, 0.717) is 23.8 Å². The van der Waals surface area contributed by atoms with Gasteiger partial charge in [-0.05, 0) is 34.7 Å². The van der Waals surface area contributed by atoms with Gasteiger partial charge in [0.1, 0.15) is 6.61 Å². The highest BCUT2D eigenvalue weighted by Crippen LogP contribution is 2.30. The summed E-state index contributed by atoms with van der Waals surface area (Å²) in [7, 11) is 0. The lowest BCUT2D eigenvalue weighted by Gasteiger charge is -2.25. The number of hydrogen-bond acceptors (Lipinski definition) is 5. The lowest BCUT2D eigenvalue weighted by Crippen LogP contribution is -2.37. The van der Waals surface area contributed by atoms with Gasteiger partial charge in [0.15, 0.2) is 17.6 Å². The summed E-state index contributed by atoms with van der Waals surface area (Å²) in [5.74, 6) is 1.39. The molecule has 0 radical (unpaired) electrons. The second-order valence-electron chi connectivity index (χ2n) is 5.19. The van der Waals surface area contributed by atoms with Crippen molar-refractivity contribution in [2.24, 2.45) is 0 Å². The van der Waals surface area contributed by atoms with E-state index in [-0.39, 0.29) is 18.3 Å². The molecule has 116 valence electrons. The van der Waals surface area contributed by atoms with E-state index in [2.05, 4.69) is 10.4 Å². The molecule has 1 aliphatic heterocycles.